The van der Waals surface area contributed by atoms with E-state index in [1.54, 1.807) is 6.08 Å². The lowest BCUT2D eigenvalue weighted by Crippen LogP contribution is -2.60. The lowest BCUT2D eigenvalue weighted by Gasteiger charge is -2.40. The molecule has 0 saturated carbocycles. The maximum atomic E-state index is 13.0. The largest absolute Gasteiger partial charge is 0.394 e. The summed E-state index contributed by atoms with van der Waals surface area (Å²) in [6.45, 7) is 3.78. The van der Waals surface area contributed by atoms with Gasteiger partial charge in [-0.25, -0.2) is 0 Å². The van der Waals surface area contributed by atoms with Crippen LogP contribution in [0, 0.1) is 0 Å². The molecule has 9 nitrogen and oxygen atoms in total. The molecule has 6 N–H and O–H groups in total. The number of hydrogen-bond donors (Lipinski definition) is 6. The first kappa shape index (κ1) is 57.7. The van der Waals surface area contributed by atoms with Gasteiger partial charge in [0.25, 0.3) is 0 Å². The monoisotopic (exact) mass is 866 g/mol. The number of nitrogens with one attached hydrogen (secondary N) is 1. The summed E-state index contributed by atoms with van der Waals surface area (Å²) < 4.78 is 11.2. The third kappa shape index (κ3) is 32.9. The first-order chi connectivity index (χ1) is 29.8. The second kappa shape index (κ2) is 42.6. The van der Waals surface area contributed by atoms with Crippen LogP contribution in [0.15, 0.2) is 24.3 Å². The number of carbonyl (C=O) groups excluding carboxylic acids is 1. The Bertz CT molecular complexity index is 1010. The molecule has 1 aliphatic heterocycles. The maximum absolute atomic E-state index is 13.0. The topological polar surface area (TPSA) is 149 Å². The molecule has 0 aromatic rings. The molecule has 360 valence electrons. The Morgan fingerprint density at radius 3 is 1.38 bits per heavy atom. The molecule has 9 heteroatoms. The second-order valence-corrected chi connectivity index (χ2v) is 18.3. The van der Waals surface area contributed by atoms with Crippen molar-refractivity contribution in [3.63, 3.8) is 0 Å². The smallest absolute Gasteiger partial charge is 0.220 e. The van der Waals surface area contributed by atoms with Crippen LogP contribution in [0.4, 0.5) is 0 Å². The van der Waals surface area contributed by atoms with E-state index in [1.165, 1.54) is 186 Å². The second-order valence-electron chi connectivity index (χ2n) is 18.3. The van der Waals surface area contributed by atoms with E-state index >= 15 is 0 Å². The van der Waals surface area contributed by atoms with Crippen molar-refractivity contribution in [2.45, 2.75) is 288 Å². The van der Waals surface area contributed by atoms with E-state index in [0.29, 0.717) is 6.42 Å². The van der Waals surface area contributed by atoms with Gasteiger partial charge in [-0.05, 0) is 32.1 Å². The number of amides is 1. The fraction of sp³-hybridized carbons (Fsp3) is 0.904. The van der Waals surface area contributed by atoms with Crippen molar-refractivity contribution in [2.75, 3.05) is 13.2 Å². The van der Waals surface area contributed by atoms with Gasteiger partial charge < -0.3 is 40.3 Å². The molecule has 1 fully saturated rings. The molecule has 1 aliphatic rings. The standard InChI is InChI=1S/C52H99NO8/c1-3-5-7-9-11-13-15-17-19-21-22-23-24-25-26-27-29-31-33-35-37-39-41-46(55)45(44-60-52-51(59)50(58)49(57)47(43-54)61-52)53-48(56)42-40-38-36-34-32-30-28-20-18-16-14-12-10-8-6-4-2/h31,33,39,41,45-47,49-52,54-55,57-59H,3-30,32,34-38,40,42-44H2,1-2H3,(H,53,56)/b33-31+,41-39+. The van der Waals surface area contributed by atoms with Crippen LogP contribution in [0.5, 0.6) is 0 Å². The van der Waals surface area contributed by atoms with E-state index in [9.17, 15) is 30.3 Å². The Morgan fingerprint density at radius 1 is 0.541 bits per heavy atom. The lowest BCUT2D eigenvalue weighted by molar-refractivity contribution is -0.302. The number of aliphatic hydroxyl groups excluding tert-OH is 5. The van der Waals surface area contributed by atoms with Gasteiger partial charge >= 0.3 is 0 Å². The highest BCUT2D eigenvalue weighted by Crippen LogP contribution is 2.23. The zero-order valence-electron chi connectivity index (χ0n) is 39.7. The van der Waals surface area contributed by atoms with Crippen LogP contribution in [0.1, 0.15) is 245 Å². The molecule has 1 amide bonds. The van der Waals surface area contributed by atoms with Gasteiger partial charge in [-0.1, -0.05) is 231 Å². The number of hydrogen-bond acceptors (Lipinski definition) is 8. The van der Waals surface area contributed by atoms with Gasteiger partial charge in [-0.3, -0.25) is 4.79 Å². The first-order valence-electron chi connectivity index (χ1n) is 26.1. The summed E-state index contributed by atoms with van der Waals surface area (Å²) in [5, 5.41) is 54.3. The Balaban J connectivity index is 2.30. The Labute approximate surface area is 375 Å². The highest BCUT2D eigenvalue weighted by Gasteiger charge is 2.44. The van der Waals surface area contributed by atoms with Gasteiger partial charge in [0.2, 0.25) is 5.91 Å². The van der Waals surface area contributed by atoms with Gasteiger partial charge in [-0.15, -0.1) is 0 Å². The molecule has 61 heavy (non-hydrogen) atoms. The van der Waals surface area contributed by atoms with E-state index in [0.717, 1.165) is 38.5 Å². The molecule has 0 spiro atoms. The summed E-state index contributed by atoms with van der Waals surface area (Å²) in [4.78, 5) is 13.0. The summed E-state index contributed by atoms with van der Waals surface area (Å²) in [5.41, 5.74) is 0. The molecule has 0 aliphatic carbocycles. The SMILES string of the molecule is CCCCCCCCCCCCCCCCCC/C=C/CC/C=C/C(O)C(COC1OC(CO)C(O)C(O)C1O)NC(=O)CCCCCCCCCCCCCCCCCC. The van der Waals surface area contributed by atoms with Crippen LogP contribution in [-0.4, -0.2) is 87.5 Å². The first-order valence-corrected chi connectivity index (χ1v) is 26.1. The molecule has 1 saturated heterocycles. The van der Waals surface area contributed by atoms with E-state index in [-0.39, 0.29) is 12.5 Å². The molecular formula is C52H99NO8. The zero-order chi connectivity index (χ0) is 44.4. The van der Waals surface area contributed by atoms with Crippen LogP contribution in [0.2, 0.25) is 0 Å². The normalized spacial score (nSPS) is 20.5. The van der Waals surface area contributed by atoms with Crippen molar-refractivity contribution in [3.05, 3.63) is 24.3 Å². The molecule has 0 radical (unpaired) electrons. The number of ether oxygens (including phenoxy) is 2. The van der Waals surface area contributed by atoms with E-state index in [4.69, 9.17) is 9.47 Å². The lowest BCUT2D eigenvalue weighted by atomic mass is 9.99. The molecule has 0 aromatic heterocycles. The third-order valence-electron chi connectivity index (χ3n) is 12.5. The highest BCUT2D eigenvalue weighted by atomic mass is 16.7. The van der Waals surface area contributed by atoms with Crippen molar-refractivity contribution in [1.82, 2.24) is 5.32 Å². The molecule has 0 aromatic carbocycles. The average molecular weight is 866 g/mol. The minimum atomic E-state index is -1.57. The third-order valence-corrected chi connectivity index (χ3v) is 12.5. The van der Waals surface area contributed by atoms with Crippen LogP contribution in [-0.2, 0) is 14.3 Å². The average Bonchev–Trinajstić information content (AvgIpc) is 3.26. The van der Waals surface area contributed by atoms with Crippen molar-refractivity contribution in [1.29, 1.82) is 0 Å². The quantitative estimate of drug-likeness (QED) is 0.0262. The van der Waals surface area contributed by atoms with Gasteiger partial charge in [0.15, 0.2) is 6.29 Å². The van der Waals surface area contributed by atoms with Gasteiger partial charge in [-0.2, -0.15) is 0 Å². The molecule has 1 rings (SSSR count). The van der Waals surface area contributed by atoms with Crippen molar-refractivity contribution in [2.24, 2.45) is 0 Å². The summed E-state index contributed by atoms with van der Waals surface area (Å²) in [6.07, 6.45) is 45.2. The van der Waals surface area contributed by atoms with Gasteiger partial charge in [0.1, 0.15) is 24.4 Å². The fourth-order valence-corrected chi connectivity index (χ4v) is 8.35. The van der Waals surface area contributed by atoms with Gasteiger partial charge in [0, 0.05) is 6.42 Å². The van der Waals surface area contributed by atoms with Crippen LogP contribution in [0.3, 0.4) is 0 Å². The predicted octanol–water partition coefficient (Wildman–Crippen LogP) is 11.8. The number of unbranched alkanes of at least 4 members (excludes halogenated alkanes) is 32. The summed E-state index contributed by atoms with van der Waals surface area (Å²) in [5.74, 6) is -0.183. The fourth-order valence-electron chi connectivity index (χ4n) is 8.35. The minimum Gasteiger partial charge on any atom is -0.394 e. The molecule has 7 unspecified atom stereocenters. The summed E-state index contributed by atoms with van der Waals surface area (Å²) in [7, 11) is 0. The molecular weight excluding hydrogens is 767 g/mol. The van der Waals surface area contributed by atoms with E-state index in [1.807, 2.05) is 6.08 Å². The molecule has 0 bridgehead atoms. The van der Waals surface area contributed by atoms with E-state index < -0.39 is 49.5 Å². The number of rotatable bonds is 44. The van der Waals surface area contributed by atoms with E-state index in [2.05, 4.69) is 31.3 Å². The van der Waals surface area contributed by atoms with Crippen LogP contribution < -0.4 is 5.32 Å². The van der Waals surface area contributed by atoms with Gasteiger partial charge in [0.05, 0.1) is 25.4 Å². The molecule has 1 heterocycles. The van der Waals surface area contributed by atoms with Crippen molar-refractivity contribution >= 4 is 5.91 Å². The number of aliphatic hydroxyl groups is 5. The van der Waals surface area contributed by atoms with Crippen molar-refractivity contribution < 1.29 is 39.8 Å². The Morgan fingerprint density at radius 2 is 0.934 bits per heavy atom. The zero-order valence-corrected chi connectivity index (χ0v) is 39.7. The molecule has 7 atom stereocenters. The Kier molecular flexibility index (Phi) is 40.3. The summed E-state index contributed by atoms with van der Waals surface area (Å²) in [6, 6.07) is -0.817. The highest BCUT2D eigenvalue weighted by molar-refractivity contribution is 5.76. The Hall–Kier alpha value is -1.33. The minimum absolute atomic E-state index is 0.183. The number of allylic oxidation sites excluding steroid dienone is 3. The summed E-state index contributed by atoms with van der Waals surface area (Å²) >= 11 is 0. The van der Waals surface area contributed by atoms with Crippen LogP contribution in [0.25, 0.3) is 0 Å². The maximum Gasteiger partial charge on any atom is 0.220 e. The predicted molar refractivity (Wildman–Crippen MR) is 253 cm³/mol. The van der Waals surface area contributed by atoms with Crippen molar-refractivity contribution in [3.8, 4) is 0 Å². The number of carbonyl (C=O) groups is 1. The van der Waals surface area contributed by atoms with Crippen LogP contribution >= 0.6 is 0 Å².